The van der Waals surface area contributed by atoms with Crippen LogP contribution in [0.1, 0.15) is 44.9 Å². The van der Waals surface area contributed by atoms with E-state index in [-0.39, 0.29) is 29.4 Å². The molecule has 1 unspecified atom stereocenters. The third kappa shape index (κ3) is 5.81. The zero-order valence-corrected chi connectivity index (χ0v) is 24.0. The first-order valence-electron chi connectivity index (χ1n) is 11.9. The van der Waals surface area contributed by atoms with Crippen LogP contribution in [0.15, 0.2) is 68.0 Å². The first-order valence-corrected chi connectivity index (χ1v) is 13.5. The lowest BCUT2D eigenvalue weighted by molar-refractivity contribution is -0.140. The molecule has 3 aromatic rings. The van der Waals surface area contributed by atoms with Gasteiger partial charge in [0, 0.05) is 11.4 Å². The molecule has 8 nitrogen and oxygen atoms in total. The minimum absolute atomic E-state index is 0.132. The number of carbonyl (C=O) groups is 2. The number of esters is 2. The normalized spacial score (nSPS) is 15.2. The van der Waals surface area contributed by atoms with Crippen molar-refractivity contribution in [1.82, 2.24) is 4.57 Å². The molecule has 0 spiro atoms. The monoisotopic (exact) mass is 598 g/mol. The Labute approximate surface area is 232 Å². The van der Waals surface area contributed by atoms with E-state index in [9.17, 15) is 14.4 Å². The molecule has 10 heteroatoms. The van der Waals surface area contributed by atoms with Crippen molar-refractivity contribution >= 4 is 45.3 Å². The van der Waals surface area contributed by atoms with E-state index >= 15 is 0 Å². The quantitative estimate of drug-likeness (QED) is 0.300. The molecule has 1 atom stereocenters. The van der Waals surface area contributed by atoms with Crippen molar-refractivity contribution in [3.05, 3.63) is 89.0 Å². The Balaban J connectivity index is 1.93. The molecule has 1 aliphatic heterocycles. The number of benzene rings is 2. The minimum Gasteiger partial charge on any atom is -0.493 e. The number of hydrogen-bond donors (Lipinski definition) is 0. The highest BCUT2D eigenvalue weighted by molar-refractivity contribution is 9.10. The van der Waals surface area contributed by atoms with Crippen LogP contribution in [0.3, 0.4) is 0 Å². The maximum atomic E-state index is 13.8. The second-order valence-corrected chi connectivity index (χ2v) is 11.1. The van der Waals surface area contributed by atoms with Gasteiger partial charge >= 0.3 is 11.9 Å². The number of aromatic nitrogens is 1. The smallest absolute Gasteiger partial charge is 0.338 e. The summed E-state index contributed by atoms with van der Waals surface area (Å²) >= 11 is 4.71. The number of allylic oxidation sites excluding steroid dienone is 1. The van der Waals surface area contributed by atoms with E-state index in [1.807, 2.05) is 38.1 Å². The van der Waals surface area contributed by atoms with E-state index < -0.39 is 18.0 Å². The van der Waals surface area contributed by atoms with Crippen molar-refractivity contribution < 1.29 is 23.8 Å². The van der Waals surface area contributed by atoms with Crippen molar-refractivity contribution in [2.75, 3.05) is 13.7 Å². The summed E-state index contributed by atoms with van der Waals surface area (Å²) in [6.07, 6.45) is 1.80. The van der Waals surface area contributed by atoms with Crippen LogP contribution in [0.2, 0.25) is 0 Å². The highest BCUT2D eigenvalue weighted by Gasteiger charge is 2.34. The molecule has 1 aromatic heterocycles. The molecule has 0 saturated heterocycles. The molecule has 0 saturated carbocycles. The largest absolute Gasteiger partial charge is 0.493 e. The van der Waals surface area contributed by atoms with Crippen LogP contribution in [-0.2, 0) is 14.3 Å². The second-order valence-electron chi connectivity index (χ2n) is 9.13. The van der Waals surface area contributed by atoms with Crippen molar-refractivity contribution in [2.24, 2.45) is 10.9 Å². The highest BCUT2D eigenvalue weighted by Crippen LogP contribution is 2.36. The van der Waals surface area contributed by atoms with Gasteiger partial charge in [0.15, 0.2) is 16.3 Å². The van der Waals surface area contributed by atoms with Crippen molar-refractivity contribution in [2.45, 2.75) is 33.7 Å². The fraction of sp³-hybridized carbons (Fsp3) is 0.286. The molecule has 38 heavy (non-hydrogen) atoms. The van der Waals surface area contributed by atoms with E-state index in [2.05, 4.69) is 20.9 Å². The van der Waals surface area contributed by atoms with E-state index in [0.29, 0.717) is 26.3 Å². The van der Waals surface area contributed by atoms with Crippen molar-refractivity contribution in [1.29, 1.82) is 0 Å². The predicted octanol–water partition coefficient (Wildman–Crippen LogP) is 4.13. The Morgan fingerprint density at radius 3 is 2.61 bits per heavy atom. The van der Waals surface area contributed by atoms with E-state index in [1.165, 1.54) is 29.9 Å². The van der Waals surface area contributed by atoms with Crippen LogP contribution in [0.5, 0.6) is 11.5 Å². The van der Waals surface area contributed by atoms with Gasteiger partial charge < -0.3 is 14.2 Å². The van der Waals surface area contributed by atoms with Crippen LogP contribution in [0.25, 0.3) is 6.08 Å². The topological polar surface area (TPSA) is 96.2 Å². The van der Waals surface area contributed by atoms with Gasteiger partial charge in [0.05, 0.1) is 35.6 Å². The maximum Gasteiger partial charge on any atom is 0.338 e. The van der Waals surface area contributed by atoms with Gasteiger partial charge in [-0.25, -0.2) is 9.79 Å². The number of halogens is 1. The van der Waals surface area contributed by atoms with Crippen LogP contribution in [-0.4, -0.2) is 30.2 Å². The number of rotatable bonds is 7. The van der Waals surface area contributed by atoms with Crippen LogP contribution < -0.4 is 24.4 Å². The molecule has 0 amide bonds. The van der Waals surface area contributed by atoms with Gasteiger partial charge in [-0.3, -0.25) is 14.2 Å². The number of ether oxygens (including phenoxy) is 3. The summed E-state index contributed by atoms with van der Waals surface area (Å²) in [6.45, 7) is 7.15. The first kappa shape index (κ1) is 27.5. The van der Waals surface area contributed by atoms with Gasteiger partial charge in [0.1, 0.15) is 0 Å². The summed E-state index contributed by atoms with van der Waals surface area (Å²) in [5, 5.41) is 0. The highest BCUT2D eigenvalue weighted by atomic mass is 79.9. The summed E-state index contributed by atoms with van der Waals surface area (Å²) in [4.78, 5) is 43.8. The number of hydrogen-bond acceptors (Lipinski definition) is 8. The predicted molar refractivity (Wildman–Crippen MR) is 148 cm³/mol. The van der Waals surface area contributed by atoms with Crippen molar-refractivity contribution in [3.63, 3.8) is 0 Å². The molecule has 0 aliphatic carbocycles. The molecule has 0 fully saturated rings. The number of thiazole rings is 1. The van der Waals surface area contributed by atoms with Gasteiger partial charge in [-0.1, -0.05) is 59.3 Å². The fourth-order valence-electron chi connectivity index (χ4n) is 4.06. The van der Waals surface area contributed by atoms with E-state index in [4.69, 9.17) is 14.2 Å². The van der Waals surface area contributed by atoms with Crippen LogP contribution in [0, 0.1) is 5.92 Å². The average molecular weight is 600 g/mol. The molecule has 1 aliphatic rings. The number of nitrogens with zero attached hydrogens (tertiary/aromatic N) is 2. The SMILES string of the molecule is COc1cc(C2C(C(=O)OCC(C)C)=C(C)N=c3s/c(=C\c4cccc(Br)c4)c(=O)n32)ccc1OC(C)=O. The molecule has 0 bridgehead atoms. The number of methoxy groups -OCH3 is 1. The molecular formula is C28H27BrN2O6S. The van der Waals surface area contributed by atoms with E-state index in [1.54, 1.807) is 31.2 Å². The van der Waals surface area contributed by atoms with Gasteiger partial charge in [0.25, 0.3) is 5.56 Å². The Morgan fingerprint density at radius 1 is 1.18 bits per heavy atom. The lowest BCUT2D eigenvalue weighted by Crippen LogP contribution is -2.40. The maximum absolute atomic E-state index is 13.8. The Morgan fingerprint density at radius 2 is 1.95 bits per heavy atom. The van der Waals surface area contributed by atoms with Crippen LogP contribution in [0.4, 0.5) is 0 Å². The zero-order chi connectivity index (χ0) is 27.6. The van der Waals surface area contributed by atoms with Gasteiger partial charge in [-0.05, 0) is 54.3 Å². The molecule has 0 N–H and O–H groups in total. The Kier molecular flexibility index (Phi) is 8.32. The molecule has 2 aromatic carbocycles. The zero-order valence-electron chi connectivity index (χ0n) is 21.6. The summed E-state index contributed by atoms with van der Waals surface area (Å²) in [7, 11) is 1.45. The summed E-state index contributed by atoms with van der Waals surface area (Å²) in [6, 6.07) is 11.7. The standard InChI is InChI=1S/C28H27BrN2O6S/c1-15(2)14-36-27(34)24-16(3)30-28-31(26(33)23(38-28)12-18-7-6-8-20(29)11-18)25(24)19-9-10-21(37-17(4)32)22(13-19)35-5/h6-13,15,25H,14H2,1-5H3/b23-12-. The van der Waals surface area contributed by atoms with E-state index in [0.717, 1.165) is 10.0 Å². The number of fused-ring (bicyclic) bond motifs is 1. The molecular weight excluding hydrogens is 572 g/mol. The molecule has 0 radical (unpaired) electrons. The molecule has 4 rings (SSSR count). The number of carbonyl (C=O) groups excluding carboxylic acids is 2. The average Bonchev–Trinajstić information content (AvgIpc) is 3.15. The van der Waals surface area contributed by atoms with Gasteiger partial charge in [-0.15, -0.1) is 0 Å². The van der Waals surface area contributed by atoms with Gasteiger partial charge in [0.2, 0.25) is 0 Å². The molecule has 2 heterocycles. The third-order valence-electron chi connectivity index (χ3n) is 5.69. The lowest BCUT2D eigenvalue weighted by atomic mass is 9.95. The van der Waals surface area contributed by atoms with Crippen molar-refractivity contribution in [3.8, 4) is 11.5 Å². The third-order valence-corrected chi connectivity index (χ3v) is 7.17. The minimum atomic E-state index is -0.823. The Hall–Kier alpha value is -3.50. The van der Waals surface area contributed by atoms with Gasteiger partial charge in [-0.2, -0.15) is 0 Å². The summed E-state index contributed by atoms with van der Waals surface area (Å²) in [5.41, 5.74) is 1.86. The summed E-state index contributed by atoms with van der Waals surface area (Å²) < 4.78 is 19.2. The molecule has 198 valence electrons. The summed E-state index contributed by atoms with van der Waals surface area (Å²) in [5.74, 6) is -0.388. The Bertz CT molecular complexity index is 1620. The first-order chi connectivity index (χ1) is 18.1. The van der Waals surface area contributed by atoms with Crippen LogP contribution >= 0.6 is 27.3 Å². The lowest BCUT2D eigenvalue weighted by Gasteiger charge is -2.25. The fourth-order valence-corrected chi connectivity index (χ4v) is 5.52. The second kappa shape index (κ2) is 11.5.